The molecule has 0 bridgehead atoms. The lowest BCUT2D eigenvalue weighted by Gasteiger charge is -2.30. The number of benzene rings is 3. The number of rotatable bonds is 7. The molecule has 0 amide bonds. The number of hydrogen-bond acceptors (Lipinski definition) is 4. The third-order valence-electron chi connectivity index (χ3n) is 6.72. The van der Waals surface area contributed by atoms with Crippen LogP contribution in [-0.2, 0) is 25.1 Å². The van der Waals surface area contributed by atoms with Crippen LogP contribution in [0.2, 0.25) is 0 Å². The van der Waals surface area contributed by atoms with Crippen LogP contribution < -0.4 is 0 Å². The Kier molecular flexibility index (Phi) is 6.95. The summed E-state index contributed by atoms with van der Waals surface area (Å²) in [6, 6.07) is 26.1. The lowest BCUT2D eigenvalue weighted by atomic mass is 9.97. The van der Waals surface area contributed by atoms with Crippen LogP contribution in [0.3, 0.4) is 0 Å². The quantitative estimate of drug-likeness (QED) is 0.286. The van der Waals surface area contributed by atoms with Crippen molar-refractivity contribution in [3.05, 3.63) is 107 Å². The smallest absolute Gasteiger partial charge is 0.316 e. The largest absolute Gasteiger partial charge is 0.430 e. The number of nitrogens with zero attached hydrogens (tertiary/aromatic N) is 1. The van der Waals surface area contributed by atoms with Crippen LogP contribution in [-0.4, -0.2) is 25.7 Å². The Morgan fingerprint density at radius 3 is 2.06 bits per heavy atom. The molecular formula is C30H33NO4S. The number of sulfonamides is 1. The summed E-state index contributed by atoms with van der Waals surface area (Å²) < 4.78 is 35.1. The van der Waals surface area contributed by atoms with Crippen molar-refractivity contribution in [1.29, 1.82) is 0 Å². The van der Waals surface area contributed by atoms with Gasteiger partial charge in [0.2, 0.25) is 10.0 Å². The van der Waals surface area contributed by atoms with E-state index in [1.807, 2.05) is 73.7 Å². The van der Waals surface area contributed by atoms with Crippen LogP contribution in [0.15, 0.2) is 95.6 Å². The number of esters is 1. The molecule has 36 heavy (non-hydrogen) atoms. The number of aryl methyl sites for hydroxylation is 1. The van der Waals surface area contributed by atoms with Crippen LogP contribution in [0, 0.1) is 18.3 Å². The molecule has 0 unspecified atom stereocenters. The molecule has 1 saturated carbocycles. The third kappa shape index (κ3) is 5.01. The Hall–Kier alpha value is -3.22. The standard InChI is InChI=1S/C30H33NO4S/c1-22-16-18-25(19-17-22)36(33,34)31(5)30(24-14-10-7-11-15-24)21-26(30)27(35-28(32)29(2,3)4)20-23-12-8-6-9-13-23/h6-20,26H,21H2,1-5H3/b27-20-/t26-,30+/m1/s1. The predicted molar refractivity (Wildman–Crippen MR) is 142 cm³/mol. The van der Waals surface area contributed by atoms with Crippen molar-refractivity contribution >= 4 is 22.1 Å². The summed E-state index contributed by atoms with van der Waals surface area (Å²) in [6.07, 6.45) is 2.35. The molecular weight excluding hydrogens is 470 g/mol. The van der Waals surface area contributed by atoms with Crippen LogP contribution in [0.5, 0.6) is 0 Å². The molecule has 0 saturated heterocycles. The van der Waals surface area contributed by atoms with Crippen molar-refractivity contribution in [3.8, 4) is 0 Å². The van der Waals surface area contributed by atoms with E-state index in [0.29, 0.717) is 12.2 Å². The lowest BCUT2D eigenvalue weighted by molar-refractivity contribution is -0.148. The molecule has 3 aromatic rings. The maximum Gasteiger partial charge on any atom is 0.316 e. The average molecular weight is 504 g/mol. The first-order valence-corrected chi connectivity index (χ1v) is 13.5. The van der Waals surface area contributed by atoms with Gasteiger partial charge < -0.3 is 4.74 Å². The zero-order valence-electron chi connectivity index (χ0n) is 21.4. The molecule has 0 radical (unpaired) electrons. The van der Waals surface area contributed by atoms with Crippen molar-refractivity contribution in [2.45, 2.75) is 44.6 Å². The number of ether oxygens (including phenoxy) is 1. The van der Waals surface area contributed by atoms with Gasteiger partial charge in [0, 0.05) is 13.0 Å². The van der Waals surface area contributed by atoms with Crippen molar-refractivity contribution in [3.63, 3.8) is 0 Å². The fourth-order valence-electron chi connectivity index (χ4n) is 4.42. The lowest BCUT2D eigenvalue weighted by Crippen LogP contribution is -2.39. The van der Waals surface area contributed by atoms with Crippen molar-refractivity contribution in [2.24, 2.45) is 11.3 Å². The van der Waals surface area contributed by atoms with Crippen molar-refractivity contribution < 1.29 is 17.9 Å². The summed E-state index contributed by atoms with van der Waals surface area (Å²) in [5.41, 5.74) is 1.14. The number of carbonyl (C=O) groups excluding carboxylic acids is 1. The number of carbonyl (C=O) groups is 1. The molecule has 0 aliphatic heterocycles. The molecule has 6 heteroatoms. The second-order valence-corrected chi connectivity index (χ2v) is 12.4. The summed E-state index contributed by atoms with van der Waals surface area (Å²) in [5.74, 6) is -0.227. The molecule has 0 spiro atoms. The predicted octanol–water partition coefficient (Wildman–Crippen LogP) is 6.16. The van der Waals surface area contributed by atoms with Gasteiger partial charge in [-0.05, 0) is 63.5 Å². The Balaban J connectivity index is 1.81. The van der Waals surface area contributed by atoms with Gasteiger partial charge >= 0.3 is 5.97 Å². The average Bonchev–Trinajstić information content (AvgIpc) is 3.61. The van der Waals surface area contributed by atoms with Crippen LogP contribution in [0.1, 0.15) is 43.9 Å². The molecule has 4 rings (SSSR count). The molecule has 0 heterocycles. The highest BCUT2D eigenvalue weighted by Gasteiger charge is 2.64. The molecule has 1 aliphatic carbocycles. The molecule has 3 aromatic carbocycles. The van der Waals surface area contributed by atoms with E-state index in [1.165, 1.54) is 4.31 Å². The monoisotopic (exact) mass is 503 g/mol. The first-order valence-electron chi connectivity index (χ1n) is 12.1. The highest BCUT2D eigenvalue weighted by atomic mass is 32.2. The summed E-state index contributed by atoms with van der Waals surface area (Å²) in [6.45, 7) is 7.34. The topological polar surface area (TPSA) is 63.7 Å². The minimum Gasteiger partial charge on any atom is -0.430 e. The van der Waals surface area contributed by atoms with Gasteiger partial charge in [0.1, 0.15) is 5.76 Å². The van der Waals surface area contributed by atoms with E-state index >= 15 is 0 Å². The SMILES string of the molecule is Cc1ccc(S(=O)(=O)N(C)[C@]2(c3ccccc3)C[C@@H]2/C(=C/c2ccccc2)OC(=O)C(C)(C)C)cc1. The first-order chi connectivity index (χ1) is 17.0. The maximum atomic E-state index is 13.8. The van der Waals surface area contributed by atoms with Crippen LogP contribution in [0.4, 0.5) is 0 Å². The van der Waals surface area contributed by atoms with Crippen molar-refractivity contribution in [1.82, 2.24) is 4.31 Å². The van der Waals surface area contributed by atoms with E-state index in [9.17, 15) is 13.2 Å². The zero-order chi connectivity index (χ0) is 26.1. The normalized spacial score (nSPS) is 20.3. The molecule has 1 aliphatic rings. The second kappa shape index (κ2) is 9.68. The van der Waals surface area contributed by atoms with Crippen molar-refractivity contribution in [2.75, 3.05) is 7.05 Å². The molecule has 1 fully saturated rings. The molecule has 188 valence electrons. The first kappa shape index (κ1) is 25.9. The van der Waals surface area contributed by atoms with Gasteiger partial charge in [-0.3, -0.25) is 4.79 Å². The Labute approximate surface area is 214 Å². The van der Waals surface area contributed by atoms with E-state index in [-0.39, 0.29) is 16.8 Å². The summed E-state index contributed by atoms with van der Waals surface area (Å²) in [7, 11) is -2.21. The summed E-state index contributed by atoms with van der Waals surface area (Å²) in [5, 5.41) is 0. The molecule has 0 N–H and O–H groups in total. The molecule has 0 aromatic heterocycles. The minimum atomic E-state index is -3.83. The van der Waals surface area contributed by atoms with Crippen LogP contribution in [0.25, 0.3) is 6.08 Å². The minimum absolute atomic E-state index is 0.233. The van der Waals surface area contributed by atoms with Gasteiger partial charge in [0.15, 0.2) is 0 Å². The fraction of sp³-hybridized carbons (Fsp3) is 0.300. The van der Waals surface area contributed by atoms with E-state index in [4.69, 9.17) is 4.74 Å². The molecule has 2 atom stereocenters. The van der Waals surface area contributed by atoms with Gasteiger partial charge in [-0.25, -0.2) is 8.42 Å². The van der Waals surface area contributed by atoms with Gasteiger partial charge in [-0.2, -0.15) is 4.31 Å². The summed E-state index contributed by atoms with van der Waals surface area (Å²) >= 11 is 0. The van der Waals surface area contributed by atoms with Gasteiger partial charge in [0.25, 0.3) is 0 Å². The maximum absolute atomic E-state index is 13.8. The Bertz CT molecular complexity index is 1360. The van der Waals surface area contributed by atoms with E-state index < -0.39 is 21.0 Å². The summed E-state index contributed by atoms with van der Waals surface area (Å²) in [4.78, 5) is 13.2. The highest BCUT2D eigenvalue weighted by Crippen LogP contribution is 2.61. The number of hydrogen-bond donors (Lipinski definition) is 0. The Morgan fingerprint density at radius 1 is 0.944 bits per heavy atom. The zero-order valence-corrected chi connectivity index (χ0v) is 22.2. The van der Waals surface area contributed by atoms with E-state index in [2.05, 4.69) is 0 Å². The van der Waals surface area contributed by atoms with Gasteiger partial charge in [-0.15, -0.1) is 0 Å². The fourth-order valence-corrected chi connectivity index (χ4v) is 5.95. The van der Waals surface area contributed by atoms with Crippen LogP contribution >= 0.6 is 0 Å². The molecule has 5 nitrogen and oxygen atoms in total. The van der Waals surface area contributed by atoms with E-state index in [1.54, 1.807) is 52.1 Å². The van der Waals surface area contributed by atoms with Gasteiger partial charge in [-0.1, -0.05) is 78.4 Å². The Morgan fingerprint density at radius 2 is 1.50 bits per heavy atom. The second-order valence-electron chi connectivity index (χ2n) is 10.4. The highest BCUT2D eigenvalue weighted by molar-refractivity contribution is 7.89. The third-order valence-corrected chi connectivity index (χ3v) is 8.64. The van der Waals surface area contributed by atoms with Gasteiger partial charge in [0.05, 0.1) is 15.8 Å². The van der Waals surface area contributed by atoms with E-state index in [0.717, 1.165) is 16.7 Å².